The fourth-order valence-corrected chi connectivity index (χ4v) is 4.89. The molecule has 8 nitrogen and oxygen atoms in total. The zero-order valence-electron chi connectivity index (χ0n) is 16.5. The molecule has 0 N–H and O–H groups in total. The number of aromatic nitrogens is 3. The summed E-state index contributed by atoms with van der Waals surface area (Å²) in [5.41, 5.74) is 1.17. The van der Waals surface area contributed by atoms with Gasteiger partial charge in [0.15, 0.2) is 9.84 Å². The first-order valence-corrected chi connectivity index (χ1v) is 11.8. The second-order valence-corrected chi connectivity index (χ2v) is 9.68. The van der Waals surface area contributed by atoms with Crippen molar-refractivity contribution in [1.82, 2.24) is 19.9 Å². The van der Waals surface area contributed by atoms with Gasteiger partial charge < -0.3 is 9.80 Å². The highest BCUT2D eigenvalue weighted by Crippen LogP contribution is 2.32. The van der Waals surface area contributed by atoms with E-state index in [1.54, 1.807) is 29.4 Å². The van der Waals surface area contributed by atoms with Crippen LogP contribution in [0.25, 0.3) is 0 Å². The van der Waals surface area contributed by atoms with Gasteiger partial charge in [-0.15, -0.1) is 0 Å². The number of hydrogen-bond acceptors (Lipinski definition) is 7. The molecule has 2 saturated heterocycles. The largest absolute Gasteiger partial charge is 0.341 e. The maximum atomic E-state index is 12.7. The van der Waals surface area contributed by atoms with Crippen molar-refractivity contribution in [2.75, 3.05) is 37.3 Å². The van der Waals surface area contributed by atoms with Crippen LogP contribution >= 0.6 is 0 Å². The molecule has 2 fully saturated rings. The van der Waals surface area contributed by atoms with Gasteiger partial charge in [-0.2, -0.15) is 0 Å². The summed E-state index contributed by atoms with van der Waals surface area (Å²) in [6.45, 7) is 2.92. The molecule has 0 radical (unpaired) electrons. The highest BCUT2D eigenvalue weighted by Gasteiger charge is 2.30. The molecule has 29 heavy (non-hydrogen) atoms. The zero-order valence-corrected chi connectivity index (χ0v) is 17.3. The van der Waals surface area contributed by atoms with Crippen molar-refractivity contribution in [2.24, 2.45) is 0 Å². The van der Waals surface area contributed by atoms with Crippen LogP contribution in [0.5, 0.6) is 0 Å². The Balaban J connectivity index is 1.55. The number of amides is 1. The van der Waals surface area contributed by atoms with Crippen molar-refractivity contribution in [2.45, 2.75) is 36.5 Å². The minimum atomic E-state index is -3.43. The minimum Gasteiger partial charge on any atom is -0.341 e. The van der Waals surface area contributed by atoms with E-state index in [9.17, 15) is 13.2 Å². The van der Waals surface area contributed by atoms with E-state index < -0.39 is 9.84 Å². The molecule has 4 heterocycles. The standard InChI is InChI=1S/C20H25N5O3S/c1-29(27,28)17-14-22-20(25-9-2-3-10-25)23-18(17)15-6-11-24(12-7-15)19(26)16-5-4-8-21-13-16/h4-5,8,13-15H,2-3,6-7,9-12H2,1H3. The molecule has 0 atom stereocenters. The molecule has 0 saturated carbocycles. The van der Waals surface area contributed by atoms with Gasteiger partial charge in [0, 0.05) is 50.7 Å². The van der Waals surface area contributed by atoms with Gasteiger partial charge in [0.05, 0.1) is 17.5 Å². The SMILES string of the molecule is CS(=O)(=O)c1cnc(N2CCCC2)nc1C1CCN(C(=O)c2cccnc2)CC1. The molecule has 0 bridgehead atoms. The van der Waals surface area contributed by atoms with Crippen LogP contribution in [0.1, 0.15) is 47.7 Å². The zero-order chi connectivity index (χ0) is 20.4. The topological polar surface area (TPSA) is 96.4 Å². The Bertz CT molecular complexity index is 982. The molecule has 9 heteroatoms. The average molecular weight is 416 g/mol. The van der Waals surface area contributed by atoms with Gasteiger partial charge >= 0.3 is 0 Å². The van der Waals surface area contributed by atoms with Crippen LogP contribution in [0.15, 0.2) is 35.6 Å². The molecule has 0 spiro atoms. The van der Waals surface area contributed by atoms with Crippen molar-refractivity contribution in [3.8, 4) is 0 Å². The van der Waals surface area contributed by atoms with Crippen LogP contribution in [-0.2, 0) is 9.84 Å². The molecule has 0 unspecified atom stereocenters. The molecule has 2 aliphatic rings. The Morgan fingerprint density at radius 2 is 1.83 bits per heavy atom. The molecule has 0 aromatic carbocycles. The predicted octanol–water partition coefficient (Wildman–Crippen LogP) is 1.90. The Labute approximate surface area is 170 Å². The number of pyridine rings is 1. The number of rotatable bonds is 4. The summed E-state index contributed by atoms with van der Waals surface area (Å²) in [5.74, 6) is 0.557. The third-order valence-corrected chi connectivity index (χ3v) is 6.75. The van der Waals surface area contributed by atoms with Gasteiger partial charge in [-0.05, 0) is 37.8 Å². The fourth-order valence-electron chi connectivity index (χ4n) is 4.05. The van der Waals surface area contributed by atoms with E-state index in [0.717, 1.165) is 25.9 Å². The lowest BCUT2D eigenvalue weighted by molar-refractivity contribution is 0.0711. The highest BCUT2D eigenvalue weighted by atomic mass is 32.2. The Morgan fingerprint density at radius 3 is 2.45 bits per heavy atom. The quantitative estimate of drug-likeness (QED) is 0.752. The van der Waals surface area contributed by atoms with Gasteiger partial charge in [-0.1, -0.05) is 0 Å². The van der Waals surface area contributed by atoms with Gasteiger partial charge in [0.1, 0.15) is 4.90 Å². The third kappa shape index (κ3) is 4.24. The minimum absolute atomic E-state index is 0.0120. The number of sulfone groups is 1. The summed E-state index contributed by atoms with van der Waals surface area (Å²) < 4.78 is 24.6. The average Bonchev–Trinajstić information content (AvgIpc) is 3.28. The van der Waals surface area contributed by atoms with E-state index in [2.05, 4.69) is 14.9 Å². The number of piperidine rings is 1. The molecule has 2 aromatic rings. The van der Waals surface area contributed by atoms with Crippen LogP contribution < -0.4 is 4.90 Å². The molecule has 0 aliphatic carbocycles. The van der Waals surface area contributed by atoms with Crippen LogP contribution in [0, 0.1) is 0 Å². The first-order chi connectivity index (χ1) is 13.9. The second kappa shape index (κ2) is 8.06. The highest BCUT2D eigenvalue weighted by molar-refractivity contribution is 7.90. The number of likely N-dealkylation sites (tertiary alicyclic amines) is 1. The first-order valence-electron chi connectivity index (χ1n) is 9.95. The molecular formula is C20H25N5O3S. The van der Waals surface area contributed by atoms with Gasteiger partial charge in [-0.3, -0.25) is 9.78 Å². The Morgan fingerprint density at radius 1 is 1.10 bits per heavy atom. The van der Waals surface area contributed by atoms with Crippen molar-refractivity contribution in [1.29, 1.82) is 0 Å². The predicted molar refractivity (Wildman–Crippen MR) is 109 cm³/mol. The lowest BCUT2D eigenvalue weighted by Crippen LogP contribution is -2.38. The number of hydrogen-bond donors (Lipinski definition) is 0. The van der Waals surface area contributed by atoms with Crippen molar-refractivity contribution < 1.29 is 13.2 Å². The molecule has 2 aromatic heterocycles. The van der Waals surface area contributed by atoms with Crippen LogP contribution in [-0.4, -0.2) is 66.6 Å². The lowest BCUT2D eigenvalue weighted by atomic mass is 9.93. The normalized spacial score (nSPS) is 18.2. The molecular weight excluding hydrogens is 390 g/mol. The molecule has 1 amide bonds. The van der Waals surface area contributed by atoms with Gasteiger partial charge in [-0.25, -0.2) is 18.4 Å². The summed E-state index contributed by atoms with van der Waals surface area (Å²) in [4.78, 5) is 29.8. The summed E-state index contributed by atoms with van der Waals surface area (Å²) in [6, 6.07) is 3.51. The fraction of sp³-hybridized carbons (Fsp3) is 0.500. The van der Waals surface area contributed by atoms with Gasteiger partial charge in [0.25, 0.3) is 5.91 Å². The maximum Gasteiger partial charge on any atom is 0.255 e. The smallest absolute Gasteiger partial charge is 0.255 e. The van der Waals surface area contributed by atoms with E-state index in [4.69, 9.17) is 4.98 Å². The lowest BCUT2D eigenvalue weighted by Gasteiger charge is -2.32. The van der Waals surface area contributed by atoms with E-state index in [0.29, 0.717) is 43.1 Å². The summed E-state index contributed by atoms with van der Waals surface area (Å²) >= 11 is 0. The number of carbonyl (C=O) groups is 1. The summed E-state index contributed by atoms with van der Waals surface area (Å²) in [7, 11) is -3.43. The van der Waals surface area contributed by atoms with E-state index >= 15 is 0 Å². The maximum absolute atomic E-state index is 12.7. The van der Waals surface area contributed by atoms with Crippen molar-refractivity contribution >= 4 is 21.7 Å². The van der Waals surface area contributed by atoms with Gasteiger partial charge in [0.2, 0.25) is 5.95 Å². The Hall–Kier alpha value is -2.55. The van der Waals surface area contributed by atoms with Crippen LogP contribution in [0.3, 0.4) is 0 Å². The number of anilines is 1. The van der Waals surface area contributed by atoms with E-state index in [1.165, 1.54) is 12.5 Å². The van der Waals surface area contributed by atoms with E-state index in [-0.39, 0.29) is 16.7 Å². The Kier molecular flexibility index (Phi) is 5.49. The summed E-state index contributed by atoms with van der Waals surface area (Å²) in [6.07, 6.45) is 9.41. The van der Waals surface area contributed by atoms with Crippen LogP contribution in [0.2, 0.25) is 0 Å². The molecule has 154 valence electrons. The monoisotopic (exact) mass is 415 g/mol. The number of nitrogens with zero attached hydrogens (tertiary/aromatic N) is 5. The third-order valence-electron chi connectivity index (χ3n) is 5.64. The number of carbonyl (C=O) groups excluding carboxylic acids is 1. The molecule has 4 rings (SSSR count). The second-order valence-electron chi connectivity index (χ2n) is 7.69. The van der Waals surface area contributed by atoms with Crippen molar-refractivity contribution in [3.63, 3.8) is 0 Å². The first kappa shape index (κ1) is 19.8. The van der Waals surface area contributed by atoms with Crippen LogP contribution in [0.4, 0.5) is 5.95 Å². The van der Waals surface area contributed by atoms with Crippen molar-refractivity contribution in [3.05, 3.63) is 42.0 Å². The van der Waals surface area contributed by atoms with E-state index in [1.807, 2.05) is 0 Å². The molecule has 2 aliphatic heterocycles. The summed E-state index contributed by atoms with van der Waals surface area (Å²) in [5, 5.41) is 0.